The molecule has 1 nitrogen and oxygen atoms in total. The Morgan fingerprint density at radius 1 is 1.24 bits per heavy atom. The molecule has 0 aliphatic heterocycles. The number of rotatable bonds is 4. The van der Waals surface area contributed by atoms with E-state index in [0.29, 0.717) is 6.04 Å². The van der Waals surface area contributed by atoms with E-state index in [1.807, 2.05) is 0 Å². The smallest absolute Gasteiger partial charge is 0.0351 e. The van der Waals surface area contributed by atoms with Crippen molar-refractivity contribution in [3.05, 3.63) is 35.4 Å². The quantitative estimate of drug-likeness (QED) is 0.770. The van der Waals surface area contributed by atoms with E-state index in [1.165, 1.54) is 32.1 Å². The van der Waals surface area contributed by atoms with E-state index in [0.717, 1.165) is 12.5 Å². The first kappa shape index (κ1) is 12.6. The molecular weight excluding hydrogens is 206 g/mol. The van der Waals surface area contributed by atoms with Crippen molar-refractivity contribution in [2.24, 2.45) is 5.92 Å². The van der Waals surface area contributed by atoms with Crippen LogP contribution in [0.25, 0.3) is 0 Å². The minimum Gasteiger partial charge on any atom is -0.310 e. The zero-order valence-corrected chi connectivity index (χ0v) is 11.2. The third-order valence-corrected chi connectivity index (χ3v) is 4.02. The Bertz CT molecular complexity index is 345. The van der Waals surface area contributed by atoms with Crippen molar-refractivity contribution in [3.8, 4) is 0 Å². The highest BCUT2D eigenvalue weighted by Gasteiger charge is 2.25. The Kier molecular flexibility index (Phi) is 4.61. The minimum absolute atomic E-state index is 0.582. The first-order valence-corrected chi connectivity index (χ1v) is 7.18. The average molecular weight is 231 g/mol. The molecule has 1 aromatic carbocycles. The van der Waals surface area contributed by atoms with Crippen molar-refractivity contribution >= 4 is 0 Å². The van der Waals surface area contributed by atoms with Crippen LogP contribution in [0.2, 0.25) is 0 Å². The van der Waals surface area contributed by atoms with E-state index in [-0.39, 0.29) is 0 Å². The van der Waals surface area contributed by atoms with Crippen LogP contribution in [0, 0.1) is 5.92 Å². The molecule has 17 heavy (non-hydrogen) atoms. The van der Waals surface area contributed by atoms with Crippen LogP contribution in [0.3, 0.4) is 0 Å². The first-order chi connectivity index (χ1) is 8.36. The van der Waals surface area contributed by atoms with Crippen LogP contribution in [-0.2, 0) is 6.42 Å². The molecule has 0 amide bonds. The molecule has 0 fully saturated rings. The zero-order chi connectivity index (χ0) is 12.1. The lowest BCUT2D eigenvalue weighted by Crippen LogP contribution is -2.28. The number of hydrogen-bond acceptors (Lipinski definition) is 1. The molecule has 1 aliphatic rings. The van der Waals surface area contributed by atoms with E-state index >= 15 is 0 Å². The third-order valence-electron chi connectivity index (χ3n) is 4.02. The van der Waals surface area contributed by atoms with Gasteiger partial charge in [0, 0.05) is 6.04 Å². The van der Waals surface area contributed by atoms with Gasteiger partial charge < -0.3 is 5.32 Å². The van der Waals surface area contributed by atoms with Crippen molar-refractivity contribution in [2.45, 2.75) is 52.0 Å². The maximum atomic E-state index is 3.77. The fourth-order valence-corrected chi connectivity index (χ4v) is 3.06. The number of nitrogens with one attached hydrogen (secondary N) is 1. The van der Waals surface area contributed by atoms with Crippen LogP contribution >= 0.6 is 0 Å². The van der Waals surface area contributed by atoms with Gasteiger partial charge in [-0.2, -0.15) is 0 Å². The van der Waals surface area contributed by atoms with E-state index in [9.17, 15) is 0 Å². The lowest BCUT2D eigenvalue weighted by molar-refractivity contribution is 0.334. The fraction of sp³-hybridized carbons (Fsp3) is 0.625. The van der Waals surface area contributed by atoms with Gasteiger partial charge in [-0.3, -0.25) is 0 Å². The fourth-order valence-electron chi connectivity index (χ4n) is 3.06. The predicted molar refractivity (Wildman–Crippen MR) is 74.2 cm³/mol. The molecule has 1 aliphatic carbocycles. The second-order valence-electron chi connectivity index (χ2n) is 5.19. The number of aryl methyl sites for hydroxylation is 1. The second-order valence-corrected chi connectivity index (χ2v) is 5.19. The predicted octanol–water partition coefficient (Wildman–Crippen LogP) is 4.09. The first-order valence-electron chi connectivity index (χ1n) is 7.18. The van der Waals surface area contributed by atoms with E-state index in [2.05, 4.69) is 43.4 Å². The van der Waals surface area contributed by atoms with E-state index in [1.54, 1.807) is 11.1 Å². The molecule has 2 rings (SSSR count). The lowest BCUT2D eigenvalue weighted by atomic mass is 9.88. The molecule has 94 valence electrons. The van der Waals surface area contributed by atoms with Crippen LogP contribution in [0.1, 0.15) is 56.7 Å². The molecular formula is C16H25N. The Morgan fingerprint density at radius 3 is 2.82 bits per heavy atom. The van der Waals surface area contributed by atoms with Gasteiger partial charge in [-0.05, 0) is 49.3 Å². The molecule has 0 spiro atoms. The summed E-state index contributed by atoms with van der Waals surface area (Å²) >= 11 is 0. The van der Waals surface area contributed by atoms with Gasteiger partial charge in [0.1, 0.15) is 0 Å². The third kappa shape index (κ3) is 2.90. The minimum atomic E-state index is 0.582. The lowest BCUT2D eigenvalue weighted by Gasteiger charge is -2.27. The summed E-state index contributed by atoms with van der Waals surface area (Å²) in [4.78, 5) is 0. The molecule has 1 heteroatoms. The van der Waals surface area contributed by atoms with Crippen molar-refractivity contribution in [2.75, 3.05) is 6.54 Å². The highest BCUT2D eigenvalue weighted by molar-refractivity contribution is 5.31. The van der Waals surface area contributed by atoms with Crippen LogP contribution in [0.4, 0.5) is 0 Å². The number of fused-ring (bicyclic) bond motifs is 1. The maximum Gasteiger partial charge on any atom is 0.0351 e. The SMILES string of the molecule is CCCNC1c2ccccc2CCCC1CC. The molecule has 0 saturated carbocycles. The van der Waals surface area contributed by atoms with Crippen LogP contribution in [-0.4, -0.2) is 6.54 Å². The summed E-state index contributed by atoms with van der Waals surface area (Å²) < 4.78 is 0. The van der Waals surface area contributed by atoms with Crippen molar-refractivity contribution in [1.82, 2.24) is 5.32 Å². The van der Waals surface area contributed by atoms with Crippen molar-refractivity contribution < 1.29 is 0 Å². The number of hydrogen-bond donors (Lipinski definition) is 1. The molecule has 0 heterocycles. The molecule has 1 aromatic rings. The molecule has 2 unspecified atom stereocenters. The van der Waals surface area contributed by atoms with Gasteiger partial charge >= 0.3 is 0 Å². The zero-order valence-electron chi connectivity index (χ0n) is 11.2. The van der Waals surface area contributed by atoms with Gasteiger partial charge in [0.25, 0.3) is 0 Å². The molecule has 1 N–H and O–H groups in total. The average Bonchev–Trinajstić information content (AvgIpc) is 2.55. The largest absolute Gasteiger partial charge is 0.310 e. The molecule has 2 atom stereocenters. The van der Waals surface area contributed by atoms with Gasteiger partial charge in [-0.25, -0.2) is 0 Å². The Morgan fingerprint density at radius 2 is 2.06 bits per heavy atom. The second kappa shape index (κ2) is 6.20. The van der Waals surface area contributed by atoms with Crippen molar-refractivity contribution in [1.29, 1.82) is 0 Å². The molecule has 0 aromatic heterocycles. The van der Waals surface area contributed by atoms with Crippen LogP contribution in [0.15, 0.2) is 24.3 Å². The summed E-state index contributed by atoms with van der Waals surface area (Å²) in [5, 5.41) is 3.77. The van der Waals surface area contributed by atoms with Gasteiger partial charge in [0.15, 0.2) is 0 Å². The van der Waals surface area contributed by atoms with Crippen molar-refractivity contribution in [3.63, 3.8) is 0 Å². The summed E-state index contributed by atoms with van der Waals surface area (Å²) in [6.07, 6.45) is 6.48. The van der Waals surface area contributed by atoms with Gasteiger partial charge in [0.2, 0.25) is 0 Å². The van der Waals surface area contributed by atoms with Gasteiger partial charge in [-0.1, -0.05) is 44.5 Å². The normalized spacial score (nSPS) is 24.1. The van der Waals surface area contributed by atoms with Gasteiger partial charge in [0.05, 0.1) is 0 Å². The molecule has 0 bridgehead atoms. The monoisotopic (exact) mass is 231 g/mol. The van der Waals surface area contributed by atoms with Gasteiger partial charge in [-0.15, -0.1) is 0 Å². The molecule has 0 saturated heterocycles. The summed E-state index contributed by atoms with van der Waals surface area (Å²) in [5.74, 6) is 0.810. The topological polar surface area (TPSA) is 12.0 Å². The van der Waals surface area contributed by atoms with E-state index in [4.69, 9.17) is 0 Å². The summed E-state index contributed by atoms with van der Waals surface area (Å²) in [6.45, 7) is 5.71. The van der Waals surface area contributed by atoms with Crippen LogP contribution < -0.4 is 5.32 Å². The van der Waals surface area contributed by atoms with E-state index < -0.39 is 0 Å². The Labute approximate surface area is 106 Å². The highest BCUT2D eigenvalue weighted by atomic mass is 14.9. The standard InChI is InChI=1S/C16H25N/c1-3-12-17-16-13(4-2)9-7-10-14-8-5-6-11-15(14)16/h5-6,8,11,13,16-17H,3-4,7,9-10,12H2,1-2H3. The Hall–Kier alpha value is -0.820. The maximum absolute atomic E-state index is 3.77. The number of benzene rings is 1. The summed E-state index contributed by atoms with van der Waals surface area (Å²) in [5.41, 5.74) is 3.13. The Balaban J connectivity index is 2.26. The highest BCUT2D eigenvalue weighted by Crippen LogP contribution is 2.34. The summed E-state index contributed by atoms with van der Waals surface area (Å²) in [7, 11) is 0. The molecule has 0 radical (unpaired) electrons. The van der Waals surface area contributed by atoms with Crippen LogP contribution in [0.5, 0.6) is 0 Å². The summed E-state index contributed by atoms with van der Waals surface area (Å²) in [6, 6.07) is 9.60.